The van der Waals surface area contributed by atoms with Gasteiger partial charge in [0.05, 0.1) is 37.1 Å². The van der Waals surface area contributed by atoms with Crippen molar-refractivity contribution in [3.63, 3.8) is 0 Å². The molecule has 3 heterocycles. The molecule has 0 amide bonds. The number of aliphatic hydroxyl groups excluding tert-OH is 6. The predicted octanol–water partition coefficient (Wildman–Crippen LogP) is 0.879. The lowest BCUT2D eigenvalue weighted by atomic mass is 9.42. The number of fused-ring (bicyclic) bond motifs is 7. The first-order chi connectivity index (χ1) is 27.2. The van der Waals surface area contributed by atoms with Crippen LogP contribution in [0, 0.1) is 40.4 Å². The van der Waals surface area contributed by atoms with Gasteiger partial charge in [-0.1, -0.05) is 27.7 Å². The number of esters is 1. The van der Waals surface area contributed by atoms with Crippen LogP contribution in [0.2, 0.25) is 0 Å². The van der Waals surface area contributed by atoms with Gasteiger partial charge in [-0.15, -0.1) is 0 Å². The SMILES string of the molecule is CO[C@@]1(CC[C@@H](C)COC(C)=O)O[C@H]2C[C@@]3(O)[C@@H]4CC[C@H]5C[C@@H](O[C@@H]6O[C@H](CO)[C@@H](O)[C@H](O)[C@H]6O[C@@H]6O[C@@H](C)[C@H](O)[C@@H](O)[C@H]6O)CC[C@]5(C)[C@H]4CC[C@]3(C)[C@@]2(O)[C@@H]1C. The van der Waals surface area contributed by atoms with E-state index in [1.807, 2.05) is 20.8 Å². The molecule has 22 atom stereocenters. The van der Waals surface area contributed by atoms with Crippen molar-refractivity contribution < 1.29 is 78.8 Å². The van der Waals surface area contributed by atoms with E-state index in [2.05, 4.69) is 6.92 Å². The molecule has 0 bridgehead atoms. The molecule has 16 nitrogen and oxygen atoms in total. The van der Waals surface area contributed by atoms with Crippen molar-refractivity contribution in [2.75, 3.05) is 20.3 Å². The van der Waals surface area contributed by atoms with Crippen molar-refractivity contribution in [2.24, 2.45) is 40.4 Å². The third kappa shape index (κ3) is 6.92. The largest absolute Gasteiger partial charge is 0.466 e. The summed E-state index contributed by atoms with van der Waals surface area (Å²) < 4.78 is 42.2. The minimum atomic E-state index is -1.66. The normalized spacial score (nSPS) is 54.5. The predicted molar refractivity (Wildman–Crippen MR) is 202 cm³/mol. The molecule has 0 spiro atoms. The lowest BCUT2D eigenvalue weighted by Crippen LogP contribution is -2.67. The summed E-state index contributed by atoms with van der Waals surface area (Å²) in [6.07, 6.45) is -8.24. The van der Waals surface area contributed by atoms with Gasteiger partial charge in [0, 0.05) is 38.2 Å². The van der Waals surface area contributed by atoms with E-state index >= 15 is 0 Å². The van der Waals surface area contributed by atoms with Gasteiger partial charge in [-0.25, -0.2) is 0 Å². The highest BCUT2D eigenvalue weighted by atomic mass is 16.8. The van der Waals surface area contributed by atoms with Crippen LogP contribution in [0.1, 0.15) is 106 Å². The van der Waals surface area contributed by atoms with Crippen LogP contribution in [0.4, 0.5) is 0 Å². The van der Waals surface area contributed by atoms with Crippen LogP contribution < -0.4 is 0 Å². The number of hydrogen-bond acceptors (Lipinski definition) is 16. The molecule has 0 aromatic heterocycles. The van der Waals surface area contributed by atoms with E-state index in [-0.39, 0.29) is 41.2 Å². The standard InChI is InChI=1S/C42H70O16/c1-20(19-53-23(4)44)10-15-41(52-7)22(3)42(51)29(58-41)17-40(50)27-9-8-24-16-25(11-13-38(24,5)26(27)12-14-39(40,42)6)55-37-35(33(48)31(46)28(18-43)56-37)57-36-34(49)32(47)30(45)21(2)54-36/h20-22,24-37,43,45-51H,8-19H2,1-7H3/t20-,21+,22-,24+,25+,26+,27-,28-,29+,30+,31-,32-,33+,34-,35-,36+,37-,38+,39+,40-,41+,42-/m1/s1. The minimum Gasteiger partial charge on any atom is -0.466 e. The molecule has 4 aliphatic carbocycles. The van der Waals surface area contributed by atoms with E-state index in [4.69, 9.17) is 33.2 Å². The van der Waals surface area contributed by atoms with Crippen LogP contribution in [0.5, 0.6) is 0 Å². The van der Waals surface area contributed by atoms with Crippen LogP contribution in [0.3, 0.4) is 0 Å². The average Bonchev–Trinajstić information content (AvgIpc) is 3.51. The quantitative estimate of drug-likeness (QED) is 0.106. The molecule has 334 valence electrons. The zero-order chi connectivity index (χ0) is 42.3. The Hall–Kier alpha value is -1.09. The van der Waals surface area contributed by atoms with E-state index in [1.165, 1.54) is 13.8 Å². The van der Waals surface area contributed by atoms with Crippen molar-refractivity contribution in [3.05, 3.63) is 0 Å². The maximum absolute atomic E-state index is 13.0. The van der Waals surface area contributed by atoms with Crippen molar-refractivity contribution >= 4 is 5.97 Å². The van der Waals surface area contributed by atoms with Crippen LogP contribution in [-0.4, -0.2) is 158 Å². The van der Waals surface area contributed by atoms with Gasteiger partial charge < -0.3 is 74.0 Å². The zero-order valence-electron chi connectivity index (χ0n) is 35.1. The average molecular weight is 831 g/mol. The van der Waals surface area contributed by atoms with E-state index in [1.54, 1.807) is 7.11 Å². The molecule has 0 aromatic carbocycles. The molecular weight excluding hydrogens is 760 g/mol. The second-order valence-electron chi connectivity index (χ2n) is 19.6. The zero-order valence-corrected chi connectivity index (χ0v) is 35.1. The number of ether oxygens (including phenoxy) is 7. The van der Waals surface area contributed by atoms with Crippen molar-refractivity contribution in [1.29, 1.82) is 0 Å². The second kappa shape index (κ2) is 16.2. The topological polar surface area (TPSA) is 244 Å². The highest BCUT2D eigenvalue weighted by molar-refractivity contribution is 5.65. The van der Waals surface area contributed by atoms with Crippen molar-refractivity contribution in [3.8, 4) is 0 Å². The van der Waals surface area contributed by atoms with Crippen LogP contribution in [-0.2, 0) is 38.0 Å². The fourth-order valence-electron chi connectivity index (χ4n) is 13.1. The van der Waals surface area contributed by atoms with Crippen LogP contribution in [0.15, 0.2) is 0 Å². The number of rotatable bonds is 11. The molecule has 7 fully saturated rings. The first-order valence-electron chi connectivity index (χ1n) is 21.6. The van der Waals surface area contributed by atoms with Crippen molar-refractivity contribution in [1.82, 2.24) is 0 Å². The summed E-state index contributed by atoms with van der Waals surface area (Å²) in [6, 6.07) is 0. The van der Waals surface area contributed by atoms with Gasteiger partial charge in [-0.05, 0) is 87.4 Å². The summed E-state index contributed by atoms with van der Waals surface area (Å²) in [4.78, 5) is 11.4. The molecule has 7 aliphatic rings. The third-order valence-electron chi connectivity index (χ3n) is 16.9. The molecule has 7 rings (SSSR count). The summed E-state index contributed by atoms with van der Waals surface area (Å²) in [5.41, 5.74) is -3.48. The lowest BCUT2D eigenvalue weighted by molar-refractivity contribution is -0.371. The second-order valence-corrected chi connectivity index (χ2v) is 19.6. The van der Waals surface area contributed by atoms with Gasteiger partial charge in [0.25, 0.3) is 0 Å². The Morgan fingerprint density at radius 2 is 1.59 bits per heavy atom. The van der Waals surface area contributed by atoms with E-state index in [9.17, 15) is 45.6 Å². The highest BCUT2D eigenvalue weighted by Crippen LogP contribution is 2.74. The fourth-order valence-corrected chi connectivity index (χ4v) is 13.1. The van der Waals surface area contributed by atoms with Gasteiger partial charge in [0.1, 0.15) is 48.3 Å². The Bertz CT molecular complexity index is 1470. The van der Waals surface area contributed by atoms with Crippen LogP contribution >= 0.6 is 0 Å². The van der Waals surface area contributed by atoms with Crippen molar-refractivity contribution in [2.45, 2.75) is 196 Å². The Balaban J connectivity index is 1.04. The summed E-state index contributed by atoms with van der Waals surface area (Å²) in [5, 5.41) is 89.0. The lowest BCUT2D eigenvalue weighted by Gasteiger charge is -2.64. The molecule has 58 heavy (non-hydrogen) atoms. The summed E-state index contributed by atoms with van der Waals surface area (Å²) in [5.74, 6) is -1.38. The Morgan fingerprint density at radius 1 is 0.862 bits per heavy atom. The fraction of sp³-hybridized carbons (Fsp3) is 0.976. The maximum atomic E-state index is 13.0. The number of methoxy groups -OCH3 is 1. The molecule has 0 unspecified atom stereocenters. The number of aliphatic hydroxyl groups is 8. The maximum Gasteiger partial charge on any atom is 0.302 e. The summed E-state index contributed by atoms with van der Waals surface area (Å²) in [6.45, 7) is 11.0. The number of carbonyl (C=O) groups is 1. The van der Waals surface area contributed by atoms with Gasteiger partial charge in [-0.3, -0.25) is 4.79 Å². The first-order valence-corrected chi connectivity index (χ1v) is 21.6. The molecule has 4 saturated carbocycles. The van der Waals surface area contributed by atoms with Crippen LogP contribution in [0.25, 0.3) is 0 Å². The molecule has 16 heteroatoms. The van der Waals surface area contributed by atoms with E-state index in [0.717, 1.165) is 25.7 Å². The molecule has 8 N–H and O–H groups in total. The van der Waals surface area contributed by atoms with Gasteiger partial charge in [-0.2, -0.15) is 0 Å². The van der Waals surface area contributed by atoms with E-state index < -0.39 is 102 Å². The number of hydrogen-bond donors (Lipinski definition) is 8. The van der Waals surface area contributed by atoms with Gasteiger partial charge in [0.2, 0.25) is 0 Å². The minimum absolute atomic E-state index is 0.0596. The molecule has 0 radical (unpaired) electrons. The van der Waals surface area contributed by atoms with E-state index in [0.29, 0.717) is 45.1 Å². The summed E-state index contributed by atoms with van der Waals surface area (Å²) in [7, 11) is 1.61. The molecule has 0 aromatic rings. The third-order valence-corrected chi connectivity index (χ3v) is 16.9. The highest BCUT2D eigenvalue weighted by Gasteiger charge is 2.81. The number of carbonyl (C=O) groups excluding carboxylic acids is 1. The molecule has 3 saturated heterocycles. The Morgan fingerprint density at radius 3 is 2.26 bits per heavy atom. The smallest absolute Gasteiger partial charge is 0.302 e. The molecule has 3 aliphatic heterocycles. The van der Waals surface area contributed by atoms with Gasteiger partial charge in [0.15, 0.2) is 18.4 Å². The summed E-state index contributed by atoms with van der Waals surface area (Å²) >= 11 is 0. The Kier molecular flexibility index (Phi) is 12.6. The van der Waals surface area contributed by atoms with Gasteiger partial charge >= 0.3 is 5.97 Å². The monoisotopic (exact) mass is 830 g/mol. The Labute approximate surface area is 341 Å². The molecular formula is C42H70O16. The first kappa shape index (κ1) is 44.9.